The molecule has 3 atom stereocenters. The summed E-state index contributed by atoms with van der Waals surface area (Å²) in [6, 6.07) is 0. The number of rotatable bonds is 7. The van der Waals surface area contributed by atoms with Crippen LogP contribution in [-0.2, 0) is 6.54 Å². The van der Waals surface area contributed by atoms with E-state index in [0.717, 1.165) is 31.3 Å². The van der Waals surface area contributed by atoms with Crippen LogP contribution in [0.1, 0.15) is 50.1 Å². The molecule has 1 aliphatic carbocycles. The van der Waals surface area contributed by atoms with Crippen molar-refractivity contribution < 1.29 is 0 Å². The van der Waals surface area contributed by atoms with E-state index < -0.39 is 0 Å². The van der Waals surface area contributed by atoms with Crippen LogP contribution in [-0.4, -0.2) is 25.6 Å². The molecule has 2 rings (SSSR count). The predicted molar refractivity (Wildman–Crippen MR) is 84.1 cm³/mol. The number of aromatic nitrogens is 1. The maximum atomic E-state index is 4.91. The number of thiazole rings is 1. The molecule has 1 saturated carbocycles. The highest BCUT2D eigenvalue weighted by Crippen LogP contribution is 2.40. The van der Waals surface area contributed by atoms with Gasteiger partial charge in [-0.2, -0.15) is 0 Å². The average molecular weight is 281 g/mol. The van der Waals surface area contributed by atoms with Gasteiger partial charge in [-0.25, -0.2) is 4.98 Å². The molecule has 1 aliphatic rings. The van der Waals surface area contributed by atoms with Gasteiger partial charge in [0.25, 0.3) is 0 Å². The van der Waals surface area contributed by atoms with Crippen LogP contribution >= 0.6 is 11.3 Å². The summed E-state index contributed by atoms with van der Waals surface area (Å²) in [6.45, 7) is 8.96. The molecule has 1 aromatic rings. The lowest BCUT2D eigenvalue weighted by Gasteiger charge is -2.15. The summed E-state index contributed by atoms with van der Waals surface area (Å²) in [7, 11) is 4.20. The Bertz CT molecular complexity index is 416. The van der Waals surface area contributed by atoms with E-state index in [0.29, 0.717) is 5.92 Å². The van der Waals surface area contributed by atoms with Gasteiger partial charge < -0.3 is 10.2 Å². The third-order valence-electron chi connectivity index (χ3n) is 4.24. The molecule has 108 valence electrons. The summed E-state index contributed by atoms with van der Waals surface area (Å²) >= 11 is 1.86. The Morgan fingerprint density at radius 3 is 2.74 bits per heavy atom. The van der Waals surface area contributed by atoms with Gasteiger partial charge in [0.15, 0.2) is 5.13 Å². The first-order chi connectivity index (χ1) is 9.06. The number of anilines is 1. The van der Waals surface area contributed by atoms with Crippen LogP contribution in [0.15, 0.2) is 0 Å². The molecular formula is C15H27N3S. The van der Waals surface area contributed by atoms with Crippen LogP contribution in [0.3, 0.4) is 0 Å². The van der Waals surface area contributed by atoms with E-state index in [9.17, 15) is 0 Å². The zero-order valence-corrected chi connectivity index (χ0v) is 13.7. The minimum Gasteiger partial charge on any atom is -0.351 e. The molecule has 0 amide bonds. The summed E-state index contributed by atoms with van der Waals surface area (Å²) in [5.41, 5.74) is 1.30. The Morgan fingerprint density at radius 2 is 2.21 bits per heavy atom. The molecule has 0 bridgehead atoms. The van der Waals surface area contributed by atoms with E-state index in [4.69, 9.17) is 4.98 Å². The van der Waals surface area contributed by atoms with Crippen LogP contribution in [0, 0.1) is 11.8 Å². The molecule has 19 heavy (non-hydrogen) atoms. The molecule has 0 radical (unpaired) electrons. The Balaban J connectivity index is 2.11. The van der Waals surface area contributed by atoms with Gasteiger partial charge in [-0.15, -0.1) is 11.3 Å². The molecule has 0 aromatic carbocycles. The summed E-state index contributed by atoms with van der Waals surface area (Å²) in [5.74, 6) is 2.35. The molecule has 0 aliphatic heterocycles. The van der Waals surface area contributed by atoms with Gasteiger partial charge >= 0.3 is 0 Å². The van der Waals surface area contributed by atoms with Crippen molar-refractivity contribution in [2.24, 2.45) is 11.8 Å². The first-order valence-electron chi connectivity index (χ1n) is 7.42. The van der Waals surface area contributed by atoms with Crippen LogP contribution in [0.25, 0.3) is 0 Å². The number of hydrogen-bond donors (Lipinski definition) is 1. The Hall–Kier alpha value is -0.610. The quantitative estimate of drug-likeness (QED) is 0.829. The zero-order valence-electron chi connectivity index (χ0n) is 12.9. The van der Waals surface area contributed by atoms with Crippen molar-refractivity contribution in [3.05, 3.63) is 10.6 Å². The summed E-state index contributed by atoms with van der Waals surface area (Å²) in [4.78, 5) is 8.67. The van der Waals surface area contributed by atoms with E-state index in [1.54, 1.807) is 0 Å². The third kappa shape index (κ3) is 3.48. The van der Waals surface area contributed by atoms with Gasteiger partial charge in [-0.3, -0.25) is 0 Å². The molecule has 1 N–H and O–H groups in total. The Kier molecular flexibility index (Phi) is 4.85. The zero-order chi connectivity index (χ0) is 14.0. The fraction of sp³-hybridized carbons (Fsp3) is 0.800. The molecule has 1 heterocycles. The lowest BCUT2D eigenvalue weighted by molar-refractivity contribution is 0.687. The molecule has 0 saturated heterocycles. The lowest BCUT2D eigenvalue weighted by Crippen LogP contribution is -2.20. The topological polar surface area (TPSA) is 28.2 Å². The van der Waals surface area contributed by atoms with Gasteiger partial charge in [0.05, 0.1) is 5.69 Å². The normalized spacial score (nSPS) is 23.4. The summed E-state index contributed by atoms with van der Waals surface area (Å²) < 4.78 is 0. The third-order valence-corrected chi connectivity index (χ3v) is 5.43. The van der Waals surface area contributed by atoms with E-state index in [2.05, 4.69) is 38.0 Å². The summed E-state index contributed by atoms with van der Waals surface area (Å²) in [5, 5.41) is 4.46. The fourth-order valence-corrected chi connectivity index (χ4v) is 3.63. The van der Waals surface area contributed by atoms with E-state index in [-0.39, 0.29) is 0 Å². The lowest BCUT2D eigenvalue weighted by atomic mass is 10.0. The van der Waals surface area contributed by atoms with Crippen LogP contribution < -0.4 is 10.2 Å². The first-order valence-corrected chi connectivity index (χ1v) is 8.23. The fourth-order valence-electron chi connectivity index (χ4n) is 2.46. The standard InChI is InChI=1S/C15H27N3S/c1-6-10(2)14-13(8-16-4)19-15(17-14)18(5)9-12-7-11(12)3/h10-12,16H,6-9H2,1-5H3. The van der Waals surface area contributed by atoms with Gasteiger partial charge in [-0.1, -0.05) is 20.8 Å². The van der Waals surface area contributed by atoms with Crippen molar-refractivity contribution >= 4 is 16.5 Å². The number of nitrogens with one attached hydrogen (secondary N) is 1. The van der Waals surface area contributed by atoms with Crippen molar-refractivity contribution in [1.82, 2.24) is 10.3 Å². The van der Waals surface area contributed by atoms with Crippen molar-refractivity contribution in [1.29, 1.82) is 0 Å². The van der Waals surface area contributed by atoms with Crippen LogP contribution in [0.2, 0.25) is 0 Å². The van der Waals surface area contributed by atoms with Crippen molar-refractivity contribution in [2.45, 2.75) is 46.1 Å². The average Bonchev–Trinajstić information content (AvgIpc) is 2.92. The molecule has 4 heteroatoms. The molecule has 1 fully saturated rings. The number of nitrogens with zero attached hydrogens (tertiary/aromatic N) is 2. The second-order valence-corrected chi connectivity index (χ2v) is 7.06. The van der Waals surface area contributed by atoms with Gasteiger partial charge in [0.1, 0.15) is 0 Å². The highest BCUT2D eigenvalue weighted by atomic mass is 32.1. The Labute approximate surface area is 121 Å². The molecule has 1 aromatic heterocycles. The van der Waals surface area contributed by atoms with E-state index >= 15 is 0 Å². The van der Waals surface area contributed by atoms with E-state index in [1.165, 1.54) is 22.1 Å². The largest absolute Gasteiger partial charge is 0.351 e. The minimum atomic E-state index is 0.557. The van der Waals surface area contributed by atoms with Crippen molar-refractivity contribution in [3.63, 3.8) is 0 Å². The van der Waals surface area contributed by atoms with Crippen molar-refractivity contribution in [2.75, 3.05) is 25.5 Å². The highest BCUT2D eigenvalue weighted by Gasteiger charge is 2.33. The van der Waals surface area contributed by atoms with Crippen molar-refractivity contribution in [3.8, 4) is 0 Å². The minimum absolute atomic E-state index is 0.557. The molecule has 3 nitrogen and oxygen atoms in total. The first kappa shape index (κ1) is 14.8. The molecule has 0 spiro atoms. The monoisotopic (exact) mass is 281 g/mol. The van der Waals surface area contributed by atoms with E-state index in [1.807, 2.05) is 18.4 Å². The summed E-state index contributed by atoms with van der Waals surface area (Å²) in [6.07, 6.45) is 2.54. The van der Waals surface area contributed by atoms with Gasteiger partial charge in [-0.05, 0) is 37.6 Å². The SMILES string of the molecule is CCC(C)c1nc(N(C)CC2CC2C)sc1CNC. The molecule has 3 unspecified atom stereocenters. The van der Waals surface area contributed by atoms with Gasteiger partial charge in [0.2, 0.25) is 0 Å². The predicted octanol–water partition coefficient (Wildman–Crippen LogP) is 3.47. The maximum Gasteiger partial charge on any atom is 0.185 e. The second-order valence-electron chi connectivity index (χ2n) is 6.00. The number of hydrogen-bond acceptors (Lipinski definition) is 4. The van der Waals surface area contributed by atoms with Gasteiger partial charge in [0, 0.05) is 25.0 Å². The maximum absolute atomic E-state index is 4.91. The molecular weight excluding hydrogens is 254 g/mol. The second kappa shape index (κ2) is 6.23. The highest BCUT2D eigenvalue weighted by molar-refractivity contribution is 7.15. The Morgan fingerprint density at radius 1 is 1.53 bits per heavy atom. The smallest absolute Gasteiger partial charge is 0.185 e. The van der Waals surface area contributed by atoms with Crippen LogP contribution in [0.4, 0.5) is 5.13 Å². The van der Waals surface area contributed by atoms with Crippen LogP contribution in [0.5, 0.6) is 0 Å².